The highest BCUT2D eigenvalue weighted by Crippen LogP contribution is 2.49. The minimum atomic E-state index is -4.85. The van der Waals surface area contributed by atoms with Crippen LogP contribution >= 0.6 is 23.2 Å². The smallest absolute Gasteiger partial charge is 0.239 e. The highest BCUT2D eigenvalue weighted by molar-refractivity contribution is 7.93. The Morgan fingerprint density at radius 2 is 1.00 bits per heavy atom. The van der Waals surface area contributed by atoms with E-state index in [2.05, 4.69) is 10.6 Å². The molecule has 2 amide bonds. The fourth-order valence-corrected chi connectivity index (χ4v) is 7.84. The third-order valence-corrected chi connectivity index (χ3v) is 11.1. The van der Waals surface area contributed by atoms with Gasteiger partial charge in [-0.25, -0.2) is 8.42 Å². The number of hydrogen-bond donors (Lipinski definition) is 2. The van der Waals surface area contributed by atoms with Crippen molar-refractivity contribution in [3.8, 4) is 11.5 Å². The highest BCUT2D eigenvalue weighted by Gasteiger charge is 2.58. The number of ether oxygens (including phenoxy) is 4. The predicted octanol–water partition coefficient (Wildman–Crippen LogP) is 7.20. The molecule has 0 bridgehead atoms. The fraction of sp³-hybridized carbons (Fsp3) is 0.211. The van der Waals surface area contributed by atoms with Crippen molar-refractivity contribution in [2.75, 3.05) is 50.8 Å². The molecule has 4 aromatic rings. The highest BCUT2D eigenvalue weighted by atomic mass is 35.5. The van der Waals surface area contributed by atoms with Crippen molar-refractivity contribution in [2.24, 2.45) is 0 Å². The van der Waals surface area contributed by atoms with Crippen LogP contribution < -0.4 is 20.1 Å². The van der Waals surface area contributed by atoms with Crippen LogP contribution in [0.1, 0.15) is 22.3 Å². The molecule has 0 saturated carbocycles. The minimum absolute atomic E-state index is 0.0987. The number of nitrogens with one attached hydrogen (secondary N) is 2. The molecule has 0 aliphatic carbocycles. The number of halogens is 2. The number of carbonyl (C=O) groups excluding carboxylic acids is 2. The first kappa shape index (κ1) is 39.1. The lowest BCUT2D eigenvalue weighted by Crippen LogP contribution is -2.49. The van der Waals surface area contributed by atoms with Gasteiger partial charge in [-0.05, 0) is 47.5 Å². The molecule has 2 atom stereocenters. The monoisotopic (exact) mass is 752 g/mol. The number of rotatable bonds is 16. The molecular formula is C38H38Cl2N2O8S. The molecule has 4 aromatic carbocycles. The Labute approximate surface area is 307 Å². The van der Waals surface area contributed by atoms with Crippen molar-refractivity contribution in [1.82, 2.24) is 0 Å². The van der Waals surface area contributed by atoms with Crippen LogP contribution in [0, 0.1) is 0 Å². The lowest BCUT2D eigenvalue weighted by Gasteiger charge is -2.39. The van der Waals surface area contributed by atoms with Crippen molar-refractivity contribution < 1.29 is 37.0 Å². The zero-order valence-corrected chi connectivity index (χ0v) is 30.7. The van der Waals surface area contributed by atoms with Crippen molar-refractivity contribution in [3.63, 3.8) is 0 Å². The second kappa shape index (κ2) is 17.5. The molecule has 13 heteroatoms. The largest absolute Gasteiger partial charge is 0.495 e. The fourth-order valence-electron chi connectivity index (χ4n) is 5.45. The summed E-state index contributed by atoms with van der Waals surface area (Å²) in [5.74, 6) is -1.29. The summed E-state index contributed by atoms with van der Waals surface area (Å²) in [6.07, 6.45) is 6.06. The lowest BCUT2D eigenvalue weighted by molar-refractivity contribution is -0.114. The van der Waals surface area contributed by atoms with Gasteiger partial charge < -0.3 is 29.6 Å². The Morgan fingerprint density at radius 1 is 0.627 bits per heavy atom. The average Bonchev–Trinajstić information content (AvgIpc) is 3.16. The van der Waals surface area contributed by atoms with Gasteiger partial charge in [0.2, 0.25) is 31.5 Å². The zero-order chi connectivity index (χ0) is 37.1. The number of methoxy groups -OCH3 is 4. The molecule has 0 fully saturated rings. The lowest BCUT2D eigenvalue weighted by atomic mass is 10.0. The number of amides is 2. The van der Waals surface area contributed by atoms with Gasteiger partial charge in [-0.15, -0.1) is 23.2 Å². The SMILES string of the molecule is COc1ccc(C(C=Cc2ccccc2)(OC)S(=O)(=O)C(C=Cc2ccccc2)(OC)c2ccc(OC)c(NC(=O)CCl)c2)cc1NC(=O)CCl. The van der Waals surface area contributed by atoms with Crippen LogP contribution in [0.4, 0.5) is 11.4 Å². The molecule has 2 unspecified atom stereocenters. The molecule has 0 aliphatic heterocycles. The summed E-state index contributed by atoms with van der Waals surface area (Å²) in [6.45, 7) is 0. The Hall–Kier alpha value is -4.65. The van der Waals surface area contributed by atoms with Crippen molar-refractivity contribution in [2.45, 2.75) is 9.87 Å². The van der Waals surface area contributed by atoms with Gasteiger partial charge in [0.15, 0.2) is 0 Å². The molecule has 0 heterocycles. The summed E-state index contributed by atoms with van der Waals surface area (Å²) in [7, 11) is 0.493. The number of hydrogen-bond acceptors (Lipinski definition) is 8. The number of sulfone groups is 1. The van der Waals surface area contributed by atoms with E-state index < -0.39 is 31.5 Å². The maximum Gasteiger partial charge on any atom is 0.239 e. The van der Waals surface area contributed by atoms with E-state index in [9.17, 15) is 9.59 Å². The molecule has 0 spiro atoms. The van der Waals surface area contributed by atoms with Crippen LogP contribution in [0.15, 0.2) is 109 Å². The molecule has 268 valence electrons. The molecular weight excluding hydrogens is 715 g/mol. The third-order valence-electron chi connectivity index (χ3n) is 7.99. The van der Waals surface area contributed by atoms with E-state index in [-0.39, 0.29) is 45.8 Å². The average molecular weight is 754 g/mol. The number of carbonyl (C=O) groups is 2. The summed E-state index contributed by atoms with van der Waals surface area (Å²) < 4.78 is 54.9. The molecule has 51 heavy (non-hydrogen) atoms. The predicted molar refractivity (Wildman–Crippen MR) is 202 cm³/mol. The van der Waals surface area contributed by atoms with Crippen LogP contribution in [0.5, 0.6) is 11.5 Å². The first-order chi connectivity index (χ1) is 24.5. The van der Waals surface area contributed by atoms with Crippen LogP contribution in [0.25, 0.3) is 12.2 Å². The zero-order valence-electron chi connectivity index (χ0n) is 28.4. The number of benzene rings is 4. The van der Waals surface area contributed by atoms with Crippen LogP contribution in [0.2, 0.25) is 0 Å². The first-order valence-electron chi connectivity index (χ1n) is 15.5. The van der Waals surface area contributed by atoms with Crippen LogP contribution in [0.3, 0.4) is 0 Å². The maximum absolute atomic E-state index is 15.8. The van der Waals surface area contributed by atoms with Gasteiger partial charge in [-0.1, -0.05) is 84.9 Å². The molecule has 10 nitrogen and oxygen atoms in total. The minimum Gasteiger partial charge on any atom is -0.495 e. The van der Waals surface area contributed by atoms with Gasteiger partial charge in [0.05, 0.1) is 25.6 Å². The summed E-state index contributed by atoms with van der Waals surface area (Å²) in [5.41, 5.74) is 1.86. The van der Waals surface area contributed by atoms with Gasteiger partial charge in [-0.3, -0.25) is 9.59 Å². The van der Waals surface area contributed by atoms with E-state index in [0.29, 0.717) is 11.1 Å². The molecule has 0 aliphatic rings. The second-order valence-corrected chi connectivity index (χ2v) is 13.7. The topological polar surface area (TPSA) is 129 Å². The van der Waals surface area contributed by atoms with Crippen molar-refractivity contribution in [3.05, 3.63) is 131 Å². The van der Waals surface area contributed by atoms with Gasteiger partial charge in [0.1, 0.15) is 23.3 Å². The Bertz CT molecular complexity index is 1850. The molecule has 0 saturated heterocycles. The normalized spacial score (nSPS) is 14.1. The van der Waals surface area contributed by atoms with Crippen molar-refractivity contribution >= 4 is 68.4 Å². The van der Waals surface area contributed by atoms with Gasteiger partial charge in [0.25, 0.3) is 0 Å². The van der Waals surface area contributed by atoms with E-state index >= 15 is 8.42 Å². The van der Waals surface area contributed by atoms with Gasteiger partial charge in [-0.2, -0.15) is 0 Å². The maximum atomic E-state index is 15.8. The standard InChI is InChI=1S/C38H38Cl2N2O8S/c1-47-33-17-15-29(23-31(33)41-35(43)25-39)37(49-3,21-19-27-11-7-5-8-12-27)51(45,46)38(50-4,22-20-28-13-9-6-10-14-28)30-16-18-34(48-2)32(24-30)42-36(44)26-40/h5-24H,25-26H2,1-4H3,(H,41,43)(H,42,44). The van der Waals surface area contributed by atoms with E-state index in [1.807, 2.05) is 36.4 Å². The second-order valence-electron chi connectivity index (χ2n) is 10.9. The summed E-state index contributed by atoms with van der Waals surface area (Å²) in [4.78, 5) is 20.3. The summed E-state index contributed by atoms with van der Waals surface area (Å²) in [6, 6.07) is 27.1. The van der Waals surface area contributed by atoms with Gasteiger partial charge >= 0.3 is 0 Å². The molecule has 4 rings (SSSR count). The third kappa shape index (κ3) is 8.30. The number of alkyl halides is 2. The molecule has 2 N–H and O–H groups in total. The number of anilines is 2. The van der Waals surface area contributed by atoms with Crippen molar-refractivity contribution in [1.29, 1.82) is 0 Å². The van der Waals surface area contributed by atoms with E-state index in [4.69, 9.17) is 42.1 Å². The van der Waals surface area contributed by atoms with E-state index in [1.54, 1.807) is 36.4 Å². The van der Waals surface area contributed by atoms with Crippen LogP contribution in [-0.4, -0.2) is 60.4 Å². The quantitative estimate of drug-likeness (QED) is 0.115. The summed E-state index contributed by atoms with van der Waals surface area (Å²) in [5, 5.41) is 5.33. The van der Waals surface area contributed by atoms with E-state index in [0.717, 1.165) is 0 Å². The Morgan fingerprint density at radius 3 is 1.31 bits per heavy atom. The van der Waals surface area contributed by atoms with Crippen LogP contribution in [-0.2, 0) is 38.8 Å². The van der Waals surface area contributed by atoms with E-state index in [1.165, 1.54) is 77.0 Å². The van der Waals surface area contributed by atoms with Gasteiger partial charge in [0, 0.05) is 25.3 Å². The Kier molecular flexibility index (Phi) is 13.4. The Balaban J connectivity index is 2.12. The first-order valence-corrected chi connectivity index (χ1v) is 18.0. The molecule has 0 radical (unpaired) electrons. The summed E-state index contributed by atoms with van der Waals surface area (Å²) >= 11 is 11.6. The molecule has 0 aromatic heterocycles.